The van der Waals surface area contributed by atoms with Crippen molar-refractivity contribution in [1.82, 2.24) is 0 Å². The van der Waals surface area contributed by atoms with E-state index in [4.69, 9.17) is 9.47 Å². The minimum atomic E-state index is -0.0321. The predicted octanol–water partition coefficient (Wildman–Crippen LogP) is 16.4. The Morgan fingerprint density at radius 1 is 0.491 bits per heavy atom. The molecule has 300 valence electrons. The van der Waals surface area contributed by atoms with Crippen LogP contribution in [0.4, 0.5) is 0 Å². The Labute approximate surface area is 332 Å². The molecule has 0 fully saturated rings. The van der Waals surface area contributed by atoms with Crippen molar-refractivity contribution in [1.29, 1.82) is 0 Å². The van der Waals surface area contributed by atoms with E-state index >= 15 is 0 Å². The van der Waals surface area contributed by atoms with Gasteiger partial charge in [0.15, 0.2) is 5.78 Å². The fourth-order valence-corrected chi connectivity index (χ4v) is 7.72. The standard InChI is InChI=1S/C49H80O3S/c1-4-7-10-13-14-15-16-17-18-19-20-21-22-23-24-25-26-27-28-31-40-53-48-35-32-44(33-36-48)34-37-49(50)45-41-46(51-38-29-11-8-5-2)43-47(42-45)52-39-30-12-9-6-3/h32-37,41-43H,4-31,38-40H2,1-3H3. The average molecular weight is 749 g/mol. The van der Waals surface area contributed by atoms with Crippen molar-refractivity contribution in [3.8, 4) is 11.5 Å². The highest BCUT2D eigenvalue weighted by molar-refractivity contribution is 7.99. The molecular formula is C49H80O3S. The zero-order valence-corrected chi connectivity index (χ0v) is 35.6. The Morgan fingerprint density at radius 3 is 1.28 bits per heavy atom. The summed E-state index contributed by atoms with van der Waals surface area (Å²) in [4.78, 5) is 14.5. The highest BCUT2D eigenvalue weighted by Crippen LogP contribution is 2.26. The average Bonchev–Trinajstić information content (AvgIpc) is 3.17. The highest BCUT2D eigenvalue weighted by atomic mass is 32.2. The van der Waals surface area contributed by atoms with E-state index < -0.39 is 0 Å². The lowest BCUT2D eigenvalue weighted by atomic mass is 10.0. The maximum Gasteiger partial charge on any atom is 0.186 e. The first-order valence-electron chi connectivity index (χ1n) is 22.5. The molecule has 0 heterocycles. The largest absolute Gasteiger partial charge is 0.493 e. The second-order valence-electron chi connectivity index (χ2n) is 15.3. The number of carbonyl (C=O) groups is 1. The number of hydrogen-bond acceptors (Lipinski definition) is 4. The quantitative estimate of drug-likeness (QED) is 0.0298. The minimum absolute atomic E-state index is 0.0321. The number of unbranched alkanes of at least 4 members (excludes halogenated alkanes) is 25. The molecule has 2 aromatic rings. The number of allylic oxidation sites excluding steroid dienone is 1. The van der Waals surface area contributed by atoms with E-state index in [2.05, 4.69) is 45.0 Å². The van der Waals surface area contributed by atoms with Crippen molar-refractivity contribution < 1.29 is 14.3 Å². The van der Waals surface area contributed by atoms with Crippen LogP contribution in [0.2, 0.25) is 0 Å². The summed E-state index contributed by atoms with van der Waals surface area (Å²) in [6, 6.07) is 14.2. The molecule has 0 aliphatic carbocycles. The molecule has 0 aromatic heterocycles. The van der Waals surface area contributed by atoms with Gasteiger partial charge in [0.25, 0.3) is 0 Å². The fraction of sp³-hybridized carbons (Fsp3) is 0.694. The number of ether oxygens (including phenoxy) is 2. The minimum Gasteiger partial charge on any atom is -0.493 e. The first-order chi connectivity index (χ1) is 26.2. The van der Waals surface area contributed by atoms with Crippen molar-refractivity contribution in [2.75, 3.05) is 19.0 Å². The van der Waals surface area contributed by atoms with E-state index in [0.29, 0.717) is 30.3 Å². The lowest BCUT2D eigenvalue weighted by Gasteiger charge is -2.12. The topological polar surface area (TPSA) is 35.5 Å². The smallest absolute Gasteiger partial charge is 0.186 e. The Bertz CT molecular complexity index is 1120. The Balaban J connectivity index is 1.57. The summed E-state index contributed by atoms with van der Waals surface area (Å²) < 4.78 is 12.1. The zero-order valence-electron chi connectivity index (χ0n) is 34.7. The van der Waals surface area contributed by atoms with Crippen molar-refractivity contribution in [2.45, 2.75) is 205 Å². The van der Waals surface area contributed by atoms with Crippen LogP contribution in [-0.2, 0) is 0 Å². The molecule has 2 aromatic carbocycles. The summed E-state index contributed by atoms with van der Waals surface area (Å²) in [5.41, 5.74) is 1.65. The van der Waals surface area contributed by atoms with Gasteiger partial charge in [0.1, 0.15) is 11.5 Å². The molecular weight excluding hydrogens is 669 g/mol. The number of ketones is 1. The van der Waals surface area contributed by atoms with Gasteiger partial charge in [-0.1, -0.05) is 200 Å². The van der Waals surface area contributed by atoms with Gasteiger partial charge in [-0.2, -0.15) is 0 Å². The third-order valence-corrected chi connectivity index (χ3v) is 11.4. The van der Waals surface area contributed by atoms with Crippen molar-refractivity contribution in [3.05, 3.63) is 59.7 Å². The van der Waals surface area contributed by atoms with E-state index in [0.717, 1.165) is 31.2 Å². The SMILES string of the molecule is CCCCCCCCCCCCCCCCCCCCCCSc1ccc(C=CC(=O)c2cc(OCCCCCC)cc(OCCCCCC)c2)cc1. The molecule has 3 nitrogen and oxygen atoms in total. The molecule has 0 saturated heterocycles. The summed E-state index contributed by atoms with van der Waals surface area (Å²) in [6.45, 7) is 8.05. The molecule has 0 amide bonds. The molecule has 0 aliphatic rings. The molecule has 0 aliphatic heterocycles. The Kier molecular flexibility index (Phi) is 30.4. The van der Waals surface area contributed by atoms with Gasteiger partial charge >= 0.3 is 0 Å². The van der Waals surface area contributed by atoms with E-state index in [1.165, 1.54) is 165 Å². The highest BCUT2D eigenvalue weighted by Gasteiger charge is 2.09. The molecule has 4 heteroatoms. The van der Waals surface area contributed by atoms with Crippen LogP contribution in [-0.4, -0.2) is 24.7 Å². The van der Waals surface area contributed by atoms with Crippen LogP contribution in [0.1, 0.15) is 216 Å². The fourth-order valence-electron chi connectivity index (χ4n) is 6.81. The summed E-state index contributed by atoms with van der Waals surface area (Å²) in [5.74, 6) is 2.57. The maximum atomic E-state index is 13.2. The number of hydrogen-bond donors (Lipinski definition) is 0. The first-order valence-corrected chi connectivity index (χ1v) is 23.5. The van der Waals surface area contributed by atoms with E-state index in [-0.39, 0.29) is 5.78 Å². The lowest BCUT2D eigenvalue weighted by Crippen LogP contribution is -2.03. The molecule has 0 bridgehead atoms. The zero-order chi connectivity index (χ0) is 37.9. The lowest BCUT2D eigenvalue weighted by molar-refractivity contribution is 0.104. The monoisotopic (exact) mass is 749 g/mol. The summed E-state index contributed by atoms with van der Waals surface area (Å²) in [5, 5.41) is 0. The number of thioether (sulfide) groups is 1. The number of benzene rings is 2. The molecule has 2 rings (SSSR count). The molecule has 0 radical (unpaired) electrons. The number of rotatable bonds is 37. The summed E-state index contributed by atoms with van der Waals surface area (Å²) in [6.07, 6.45) is 41.3. The van der Waals surface area contributed by atoms with E-state index in [1.807, 2.05) is 36.0 Å². The van der Waals surface area contributed by atoms with Crippen molar-refractivity contribution in [2.24, 2.45) is 0 Å². The van der Waals surface area contributed by atoms with Gasteiger partial charge in [0.05, 0.1) is 13.2 Å². The summed E-state index contributed by atoms with van der Waals surface area (Å²) >= 11 is 1.95. The normalized spacial score (nSPS) is 11.5. The maximum absolute atomic E-state index is 13.2. The van der Waals surface area contributed by atoms with Crippen LogP contribution >= 0.6 is 11.8 Å². The van der Waals surface area contributed by atoms with Gasteiger partial charge in [0.2, 0.25) is 0 Å². The third-order valence-electron chi connectivity index (χ3n) is 10.3. The van der Waals surface area contributed by atoms with Crippen LogP contribution in [0.25, 0.3) is 6.08 Å². The van der Waals surface area contributed by atoms with Gasteiger partial charge in [-0.15, -0.1) is 11.8 Å². The van der Waals surface area contributed by atoms with Crippen molar-refractivity contribution in [3.63, 3.8) is 0 Å². The van der Waals surface area contributed by atoms with E-state index in [9.17, 15) is 4.79 Å². The van der Waals surface area contributed by atoms with Crippen LogP contribution in [0.15, 0.2) is 53.4 Å². The van der Waals surface area contributed by atoms with Crippen LogP contribution in [0.3, 0.4) is 0 Å². The van der Waals surface area contributed by atoms with Gasteiger partial charge in [-0.3, -0.25) is 4.79 Å². The third kappa shape index (κ3) is 26.3. The van der Waals surface area contributed by atoms with E-state index in [1.54, 1.807) is 6.08 Å². The van der Waals surface area contributed by atoms with Crippen LogP contribution in [0, 0.1) is 0 Å². The van der Waals surface area contributed by atoms with Crippen LogP contribution < -0.4 is 9.47 Å². The Hall–Kier alpha value is -2.20. The molecule has 0 N–H and O–H groups in total. The van der Waals surface area contributed by atoms with Gasteiger partial charge in [0, 0.05) is 16.5 Å². The van der Waals surface area contributed by atoms with Crippen molar-refractivity contribution >= 4 is 23.6 Å². The molecule has 0 atom stereocenters. The predicted molar refractivity (Wildman–Crippen MR) is 234 cm³/mol. The number of carbonyl (C=O) groups excluding carboxylic acids is 1. The molecule has 0 saturated carbocycles. The second kappa shape index (κ2) is 34.3. The molecule has 0 unspecified atom stereocenters. The van der Waals surface area contributed by atoms with Gasteiger partial charge in [-0.25, -0.2) is 0 Å². The van der Waals surface area contributed by atoms with Crippen LogP contribution in [0.5, 0.6) is 11.5 Å². The Morgan fingerprint density at radius 2 is 0.868 bits per heavy atom. The molecule has 53 heavy (non-hydrogen) atoms. The van der Waals surface area contributed by atoms with Gasteiger partial charge in [-0.05, 0) is 60.9 Å². The second-order valence-corrected chi connectivity index (χ2v) is 16.5. The van der Waals surface area contributed by atoms with Gasteiger partial charge < -0.3 is 9.47 Å². The first kappa shape index (κ1) is 47.0. The molecule has 0 spiro atoms. The summed E-state index contributed by atoms with van der Waals surface area (Å²) in [7, 11) is 0.